The zero-order valence-corrected chi connectivity index (χ0v) is 9.22. The minimum absolute atomic E-state index is 0.00394. The van der Waals surface area contributed by atoms with Gasteiger partial charge in [0.05, 0.1) is 7.11 Å². The second kappa shape index (κ2) is 4.01. The van der Waals surface area contributed by atoms with Gasteiger partial charge in [-0.15, -0.1) is 0 Å². The Kier molecular flexibility index (Phi) is 2.84. The van der Waals surface area contributed by atoms with Gasteiger partial charge in [-0.2, -0.15) is 0 Å². The van der Waals surface area contributed by atoms with E-state index in [1.54, 1.807) is 0 Å². The van der Waals surface area contributed by atoms with Crippen molar-refractivity contribution >= 4 is 0 Å². The van der Waals surface area contributed by atoms with Gasteiger partial charge in [0.2, 0.25) is 0 Å². The predicted octanol–water partition coefficient (Wildman–Crippen LogP) is 2.40. The van der Waals surface area contributed by atoms with Crippen molar-refractivity contribution in [3.63, 3.8) is 0 Å². The zero-order valence-electron chi connectivity index (χ0n) is 9.22. The van der Waals surface area contributed by atoms with Crippen molar-refractivity contribution in [2.75, 3.05) is 7.11 Å². The topological polar surface area (TPSA) is 35.2 Å². The van der Waals surface area contributed by atoms with Crippen molar-refractivity contribution in [1.29, 1.82) is 0 Å². The molecule has 0 radical (unpaired) electrons. The molecule has 0 atom stereocenters. The van der Waals surface area contributed by atoms with E-state index in [1.807, 2.05) is 0 Å². The first-order valence-electron chi connectivity index (χ1n) is 5.35. The third kappa shape index (κ3) is 2.16. The molecule has 0 unspecified atom stereocenters. The molecule has 2 nitrogen and oxygen atoms in total. The fourth-order valence-corrected chi connectivity index (χ4v) is 1.81. The van der Waals surface area contributed by atoms with Crippen LogP contribution in [0.25, 0.3) is 0 Å². The van der Waals surface area contributed by atoms with E-state index < -0.39 is 11.6 Å². The molecule has 1 aromatic carbocycles. The minimum Gasteiger partial charge on any atom is -0.493 e. The summed E-state index contributed by atoms with van der Waals surface area (Å²) in [4.78, 5) is 0. The van der Waals surface area contributed by atoms with Gasteiger partial charge in [0.15, 0.2) is 11.6 Å². The first-order valence-corrected chi connectivity index (χ1v) is 5.35. The van der Waals surface area contributed by atoms with Gasteiger partial charge in [-0.3, -0.25) is 0 Å². The number of hydrogen-bond acceptors (Lipinski definition) is 2. The van der Waals surface area contributed by atoms with E-state index >= 15 is 0 Å². The molecule has 88 valence electrons. The quantitative estimate of drug-likeness (QED) is 0.857. The summed E-state index contributed by atoms with van der Waals surface area (Å²) in [6.45, 7) is 0. The van der Waals surface area contributed by atoms with Gasteiger partial charge in [0.25, 0.3) is 0 Å². The van der Waals surface area contributed by atoms with E-state index in [2.05, 4.69) is 0 Å². The highest BCUT2D eigenvalue weighted by Gasteiger charge is 2.37. The lowest BCUT2D eigenvalue weighted by Crippen LogP contribution is -2.22. The Morgan fingerprint density at radius 2 is 1.94 bits per heavy atom. The SMILES string of the molecule is COc1c(F)ccc(F)c1CCC1(N)CC1. The van der Waals surface area contributed by atoms with Gasteiger partial charge in [0.1, 0.15) is 5.82 Å². The van der Waals surface area contributed by atoms with Crippen LogP contribution >= 0.6 is 0 Å². The molecule has 0 saturated heterocycles. The van der Waals surface area contributed by atoms with Crippen molar-refractivity contribution in [2.24, 2.45) is 5.73 Å². The van der Waals surface area contributed by atoms with Crippen LogP contribution in [0.1, 0.15) is 24.8 Å². The molecule has 1 aromatic rings. The lowest BCUT2D eigenvalue weighted by Gasteiger charge is -2.13. The number of methoxy groups -OCH3 is 1. The highest BCUT2D eigenvalue weighted by Crippen LogP contribution is 2.38. The fraction of sp³-hybridized carbons (Fsp3) is 0.500. The van der Waals surface area contributed by atoms with Crippen molar-refractivity contribution in [2.45, 2.75) is 31.2 Å². The third-order valence-corrected chi connectivity index (χ3v) is 3.12. The first-order chi connectivity index (χ1) is 7.56. The van der Waals surface area contributed by atoms with Crippen molar-refractivity contribution in [1.82, 2.24) is 0 Å². The van der Waals surface area contributed by atoms with E-state index in [0.29, 0.717) is 18.4 Å². The van der Waals surface area contributed by atoms with E-state index in [9.17, 15) is 8.78 Å². The van der Waals surface area contributed by atoms with Crippen LogP contribution in [-0.4, -0.2) is 12.6 Å². The molecule has 1 fully saturated rings. The molecule has 16 heavy (non-hydrogen) atoms. The molecule has 0 aliphatic heterocycles. The average molecular weight is 227 g/mol. The first kappa shape index (κ1) is 11.3. The molecule has 1 saturated carbocycles. The lowest BCUT2D eigenvalue weighted by molar-refractivity contribution is 0.374. The summed E-state index contributed by atoms with van der Waals surface area (Å²) in [6.07, 6.45) is 3.02. The minimum atomic E-state index is -0.527. The van der Waals surface area contributed by atoms with Crippen LogP contribution in [0.5, 0.6) is 5.75 Å². The number of hydrogen-bond donors (Lipinski definition) is 1. The maximum atomic E-state index is 13.5. The standard InChI is InChI=1S/C12H15F2NO/c1-16-11-8(4-5-12(15)6-7-12)9(13)2-3-10(11)14/h2-3H,4-7,15H2,1H3. The molecule has 2 rings (SSSR count). The summed E-state index contributed by atoms with van der Waals surface area (Å²) in [6, 6.07) is 2.20. The summed E-state index contributed by atoms with van der Waals surface area (Å²) in [5.74, 6) is -0.951. The average Bonchev–Trinajstić information content (AvgIpc) is 2.98. The number of benzene rings is 1. The summed E-state index contributed by atoms with van der Waals surface area (Å²) < 4.78 is 31.8. The number of rotatable bonds is 4. The van der Waals surface area contributed by atoms with Crippen LogP contribution < -0.4 is 10.5 Å². The molecule has 4 heteroatoms. The summed E-state index contributed by atoms with van der Waals surface area (Å²) in [7, 11) is 1.34. The molecule has 2 N–H and O–H groups in total. The van der Waals surface area contributed by atoms with Crippen LogP contribution in [0, 0.1) is 11.6 Å². The normalized spacial score (nSPS) is 17.2. The Labute approximate surface area is 93.4 Å². The van der Waals surface area contributed by atoms with Crippen LogP contribution in [0.15, 0.2) is 12.1 Å². The zero-order chi connectivity index (χ0) is 11.8. The lowest BCUT2D eigenvalue weighted by atomic mass is 10.0. The maximum Gasteiger partial charge on any atom is 0.165 e. The van der Waals surface area contributed by atoms with Crippen LogP contribution in [0.3, 0.4) is 0 Å². The Hall–Kier alpha value is -1.16. The van der Waals surface area contributed by atoms with Crippen molar-refractivity contribution in [3.8, 4) is 5.75 Å². The van der Waals surface area contributed by atoms with Gasteiger partial charge in [-0.1, -0.05) is 0 Å². The van der Waals surface area contributed by atoms with E-state index in [1.165, 1.54) is 7.11 Å². The second-order valence-corrected chi connectivity index (χ2v) is 4.40. The molecular weight excluding hydrogens is 212 g/mol. The Morgan fingerprint density at radius 1 is 1.31 bits per heavy atom. The summed E-state index contributed by atoms with van der Waals surface area (Å²) >= 11 is 0. The monoisotopic (exact) mass is 227 g/mol. The third-order valence-electron chi connectivity index (χ3n) is 3.12. The van der Waals surface area contributed by atoms with Crippen molar-refractivity contribution in [3.05, 3.63) is 29.3 Å². The van der Waals surface area contributed by atoms with Crippen LogP contribution in [0.4, 0.5) is 8.78 Å². The number of halogens is 2. The largest absolute Gasteiger partial charge is 0.493 e. The molecule has 0 amide bonds. The molecule has 0 aromatic heterocycles. The van der Waals surface area contributed by atoms with Gasteiger partial charge >= 0.3 is 0 Å². The Balaban J connectivity index is 2.20. The maximum absolute atomic E-state index is 13.5. The van der Waals surface area contributed by atoms with Crippen LogP contribution in [-0.2, 0) is 6.42 Å². The van der Waals surface area contributed by atoms with Crippen molar-refractivity contribution < 1.29 is 13.5 Å². The van der Waals surface area contributed by atoms with Gasteiger partial charge in [0, 0.05) is 11.1 Å². The molecular formula is C12H15F2NO. The van der Waals surface area contributed by atoms with Gasteiger partial charge in [-0.05, 0) is 37.8 Å². The predicted molar refractivity (Wildman–Crippen MR) is 57.4 cm³/mol. The summed E-state index contributed by atoms with van der Waals surface area (Å²) in [5, 5.41) is 0. The van der Waals surface area contributed by atoms with Crippen LogP contribution in [0.2, 0.25) is 0 Å². The number of ether oxygens (including phenoxy) is 1. The fourth-order valence-electron chi connectivity index (χ4n) is 1.81. The van der Waals surface area contributed by atoms with Gasteiger partial charge in [-0.25, -0.2) is 8.78 Å². The van der Waals surface area contributed by atoms with Gasteiger partial charge < -0.3 is 10.5 Å². The summed E-state index contributed by atoms with van der Waals surface area (Å²) in [5.41, 5.74) is 6.05. The molecule has 0 heterocycles. The van der Waals surface area contributed by atoms with E-state index in [-0.39, 0.29) is 11.3 Å². The Bertz CT molecular complexity index is 402. The second-order valence-electron chi connectivity index (χ2n) is 4.40. The van der Waals surface area contributed by atoms with E-state index in [4.69, 9.17) is 10.5 Å². The smallest absolute Gasteiger partial charge is 0.165 e. The molecule has 1 aliphatic rings. The van der Waals surface area contributed by atoms with E-state index in [0.717, 1.165) is 25.0 Å². The Morgan fingerprint density at radius 3 is 2.50 bits per heavy atom. The highest BCUT2D eigenvalue weighted by molar-refractivity contribution is 5.36. The highest BCUT2D eigenvalue weighted by atomic mass is 19.1. The molecule has 0 bridgehead atoms. The number of nitrogens with two attached hydrogens (primary N) is 1. The molecule has 0 spiro atoms. The molecule has 1 aliphatic carbocycles.